The largest absolute Gasteiger partial charge is 0.351 e. The lowest BCUT2D eigenvalue weighted by atomic mass is 9.95. The molecule has 2 nitrogen and oxygen atoms in total. The van der Waals surface area contributed by atoms with Gasteiger partial charge in [0.05, 0.1) is 0 Å². The first-order valence-corrected chi connectivity index (χ1v) is 11.5. The van der Waals surface area contributed by atoms with Gasteiger partial charge in [0.1, 0.15) is 0 Å². The molecule has 0 saturated carbocycles. The van der Waals surface area contributed by atoms with Crippen molar-refractivity contribution in [2.24, 2.45) is 14.1 Å². The molecule has 154 valence electrons. The van der Waals surface area contributed by atoms with Gasteiger partial charge in [0, 0.05) is 47.8 Å². The molecule has 2 heterocycles. The molecule has 4 aromatic carbocycles. The molecule has 2 heteroatoms. The van der Waals surface area contributed by atoms with E-state index in [-0.39, 0.29) is 0 Å². The van der Waals surface area contributed by atoms with Crippen molar-refractivity contribution in [1.82, 2.24) is 9.13 Å². The summed E-state index contributed by atoms with van der Waals surface area (Å²) in [5.41, 5.74) is 4.07. The van der Waals surface area contributed by atoms with Crippen LogP contribution in [-0.4, -0.2) is 9.13 Å². The molecule has 0 fully saturated rings. The molecule has 0 radical (unpaired) electrons. The monoisotopic (exact) mass is 404 g/mol. The first kappa shape index (κ1) is 18.5. The van der Waals surface area contributed by atoms with Crippen LogP contribution in [0.2, 0.25) is 0 Å². The van der Waals surface area contributed by atoms with Gasteiger partial charge in [-0.25, -0.2) is 0 Å². The van der Waals surface area contributed by atoms with Crippen molar-refractivity contribution >= 4 is 54.1 Å². The van der Waals surface area contributed by atoms with Gasteiger partial charge in [-0.15, -0.1) is 0 Å². The second-order valence-electron chi connectivity index (χ2n) is 9.07. The fraction of sp³-hybridized carbons (Fsp3) is 0.241. The Labute approximate surface area is 182 Å². The predicted molar refractivity (Wildman–Crippen MR) is 135 cm³/mol. The molecule has 0 N–H and O–H groups in total. The maximum atomic E-state index is 2.41. The number of fused-ring (bicyclic) bond motifs is 7. The van der Waals surface area contributed by atoms with E-state index in [4.69, 9.17) is 0 Å². The van der Waals surface area contributed by atoms with Gasteiger partial charge in [0.2, 0.25) is 0 Å². The Morgan fingerprint density at radius 1 is 0.613 bits per heavy atom. The normalized spacial score (nSPS) is 12.2. The summed E-state index contributed by atoms with van der Waals surface area (Å²) in [6, 6.07) is 23.2. The van der Waals surface area contributed by atoms with Gasteiger partial charge in [0.15, 0.2) is 0 Å². The second-order valence-corrected chi connectivity index (χ2v) is 9.07. The van der Waals surface area contributed by atoms with E-state index < -0.39 is 0 Å². The van der Waals surface area contributed by atoms with E-state index in [1.54, 1.807) is 0 Å². The molecule has 0 aliphatic heterocycles. The van der Waals surface area contributed by atoms with Gasteiger partial charge < -0.3 is 9.13 Å². The highest BCUT2D eigenvalue weighted by molar-refractivity contribution is 6.20. The Morgan fingerprint density at radius 2 is 1.29 bits per heavy atom. The van der Waals surface area contributed by atoms with Crippen molar-refractivity contribution in [3.8, 4) is 0 Å². The van der Waals surface area contributed by atoms with E-state index in [9.17, 15) is 0 Å². The minimum Gasteiger partial charge on any atom is -0.351 e. The number of nitrogens with zero attached hydrogens (tertiary/aromatic N) is 2. The fourth-order valence-electron chi connectivity index (χ4n) is 5.33. The Kier molecular flexibility index (Phi) is 4.11. The predicted octanol–water partition coefficient (Wildman–Crippen LogP) is 7.86. The van der Waals surface area contributed by atoms with Crippen LogP contribution < -0.4 is 0 Å². The number of rotatable bonds is 4. The van der Waals surface area contributed by atoms with Crippen LogP contribution in [-0.2, 0) is 20.5 Å². The molecule has 2 aromatic heterocycles. The summed E-state index contributed by atoms with van der Waals surface area (Å²) in [4.78, 5) is 0. The third-order valence-electron chi connectivity index (χ3n) is 7.14. The average Bonchev–Trinajstić information content (AvgIpc) is 3.30. The van der Waals surface area contributed by atoms with Gasteiger partial charge in [-0.2, -0.15) is 0 Å². The van der Waals surface area contributed by atoms with E-state index in [0.29, 0.717) is 0 Å². The Morgan fingerprint density at radius 3 is 2.00 bits per heavy atom. The van der Waals surface area contributed by atoms with E-state index in [1.807, 2.05) is 0 Å². The molecule has 0 bridgehead atoms. The first-order chi connectivity index (χ1) is 15.1. The molecule has 0 spiro atoms. The summed E-state index contributed by atoms with van der Waals surface area (Å²) in [6.45, 7) is 2.27. The zero-order valence-corrected chi connectivity index (χ0v) is 18.6. The topological polar surface area (TPSA) is 9.86 Å². The average molecular weight is 405 g/mol. The summed E-state index contributed by atoms with van der Waals surface area (Å²) >= 11 is 0. The van der Waals surface area contributed by atoms with Crippen LogP contribution in [0.1, 0.15) is 31.9 Å². The first-order valence-electron chi connectivity index (χ1n) is 11.5. The number of hydrogen-bond donors (Lipinski definition) is 0. The fourth-order valence-corrected chi connectivity index (χ4v) is 5.33. The van der Waals surface area contributed by atoms with Crippen LogP contribution >= 0.6 is 0 Å². The van der Waals surface area contributed by atoms with Crippen LogP contribution in [0.25, 0.3) is 54.1 Å². The third kappa shape index (κ3) is 2.78. The van der Waals surface area contributed by atoms with Crippen molar-refractivity contribution in [2.75, 3.05) is 0 Å². The van der Waals surface area contributed by atoms with Gasteiger partial charge >= 0.3 is 0 Å². The number of benzene rings is 4. The highest BCUT2D eigenvalue weighted by atomic mass is 14.9. The summed E-state index contributed by atoms with van der Waals surface area (Å²) in [6.07, 6.45) is 7.14. The van der Waals surface area contributed by atoms with Gasteiger partial charge in [-0.3, -0.25) is 0 Å². The molecule has 0 unspecified atom stereocenters. The van der Waals surface area contributed by atoms with Gasteiger partial charge in [-0.1, -0.05) is 44.0 Å². The van der Waals surface area contributed by atoms with Crippen molar-refractivity contribution in [1.29, 1.82) is 0 Å². The van der Waals surface area contributed by atoms with Gasteiger partial charge in [-0.05, 0) is 81.6 Å². The zero-order chi connectivity index (χ0) is 21.1. The minimum atomic E-state index is 1.16. The number of hydrogen-bond acceptors (Lipinski definition) is 0. The van der Waals surface area contributed by atoms with E-state index >= 15 is 0 Å². The second kappa shape index (κ2) is 6.88. The molecular weight excluding hydrogens is 376 g/mol. The van der Waals surface area contributed by atoms with Crippen LogP contribution in [0.5, 0.6) is 0 Å². The highest BCUT2D eigenvalue weighted by Gasteiger charge is 2.11. The van der Waals surface area contributed by atoms with E-state index in [1.165, 1.54) is 79.1 Å². The third-order valence-corrected chi connectivity index (χ3v) is 7.14. The Hall–Kier alpha value is -3.26. The van der Waals surface area contributed by atoms with Crippen LogP contribution in [0.3, 0.4) is 0 Å². The number of aromatic nitrogens is 2. The molecule has 6 rings (SSSR count). The smallest absolute Gasteiger partial charge is 0.0486 e. The molecule has 0 aliphatic rings. The summed E-state index contributed by atoms with van der Waals surface area (Å²) in [7, 11) is 4.35. The van der Waals surface area contributed by atoms with Crippen molar-refractivity contribution < 1.29 is 0 Å². The maximum absolute atomic E-state index is 2.41. The van der Waals surface area contributed by atoms with E-state index in [0.717, 1.165) is 6.42 Å². The SMILES string of the molecule is CCCCCc1cc2cc3ccc4c5cc6c(ccn6C)cc5ccc4c3cc2n1C. The minimum absolute atomic E-state index is 1.16. The van der Waals surface area contributed by atoms with Crippen LogP contribution in [0.15, 0.2) is 66.9 Å². The zero-order valence-electron chi connectivity index (χ0n) is 18.6. The lowest BCUT2D eigenvalue weighted by Gasteiger charge is -2.10. The molecule has 0 aliphatic carbocycles. The van der Waals surface area contributed by atoms with Crippen LogP contribution in [0, 0.1) is 0 Å². The molecular formula is C29H28N2. The number of aryl methyl sites for hydroxylation is 3. The van der Waals surface area contributed by atoms with Crippen LogP contribution in [0.4, 0.5) is 0 Å². The lowest BCUT2D eigenvalue weighted by molar-refractivity contribution is 0.690. The molecule has 31 heavy (non-hydrogen) atoms. The van der Waals surface area contributed by atoms with E-state index in [2.05, 4.69) is 97.0 Å². The molecule has 6 aromatic rings. The highest BCUT2D eigenvalue weighted by Crippen LogP contribution is 2.36. The summed E-state index contributed by atoms with van der Waals surface area (Å²) in [5.74, 6) is 0. The molecule has 0 saturated heterocycles. The van der Waals surface area contributed by atoms with Crippen molar-refractivity contribution in [3.63, 3.8) is 0 Å². The standard InChI is InChI=1S/C29H28N2/c1-4-5-6-7-23-16-22-15-20-9-11-24-25(27(20)18-29(22)31(23)3)10-8-19-14-21-12-13-30(2)28(21)17-26(19)24/h8-18H,4-7H2,1-3H3. The lowest BCUT2D eigenvalue weighted by Crippen LogP contribution is -1.96. The quantitative estimate of drug-likeness (QED) is 0.209. The molecule has 0 atom stereocenters. The van der Waals surface area contributed by atoms with Crippen molar-refractivity contribution in [2.45, 2.75) is 32.6 Å². The summed E-state index contributed by atoms with van der Waals surface area (Å²) < 4.78 is 4.61. The maximum Gasteiger partial charge on any atom is 0.0486 e. The Balaban J connectivity index is 1.61. The number of unbranched alkanes of at least 4 members (excludes halogenated alkanes) is 2. The van der Waals surface area contributed by atoms with Gasteiger partial charge in [0.25, 0.3) is 0 Å². The van der Waals surface area contributed by atoms with Crippen molar-refractivity contribution in [3.05, 3.63) is 72.6 Å². The summed E-state index contributed by atoms with van der Waals surface area (Å²) in [5, 5.41) is 10.7. The molecule has 0 amide bonds. The Bertz CT molecular complexity index is 1610.